The van der Waals surface area contributed by atoms with Gasteiger partial charge in [-0.3, -0.25) is 9.59 Å². The van der Waals surface area contributed by atoms with Crippen molar-refractivity contribution in [2.45, 2.75) is 18.5 Å². The number of ether oxygens (including phenoxy) is 3. The fraction of sp³-hybridized carbons (Fsp3) is 0.233. The van der Waals surface area contributed by atoms with E-state index in [0.717, 1.165) is 22.0 Å². The van der Waals surface area contributed by atoms with Crippen LogP contribution in [0.1, 0.15) is 11.1 Å². The van der Waals surface area contributed by atoms with Crippen LogP contribution in [0.2, 0.25) is 0 Å². The van der Waals surface area contributed by atoms with Crippen molar-refractivity contribution in [2.75, 3.05) is 33.6 Å². The number of aryl methyl sites for hydroxylation is 1. The highest BCUT2D eigenvalue weighted by Crippen LogP contribution is 2.30. The van der Waals surface area contributed by atoms with Gasteiger partial charge in [0.15, 0.2) is 16.7 Å². The average molecular weight is 559 g/mol. The second kappa shape index (κ2) is 11.7. The zero-order chi connectivity index (χ0) is 28.2. The van der Waals surface area contributed by atoms with Crippen LogP contribution in [0.4, 0.5) is 0 Å². The number of thioether (sulfide) groups is 1. The zero-order valence-corrected chi connectivity index (χ0v) is 23.6. The van der Waals surface area contributed by atoms with E-state index in [2.05, 4.69) is 10.3 Å². The Labute approximate surface area is 235 Å². The SMILES string of the molecule is COc1ccc(CCNC(=O)CSc2nc3c([nH]c4ccccc43)c(=O)n2-c2cc(C)ccc2OC)cc1OC. The molecule has 40 heavy (non-hydrogen) atoms. The van der Waals surface area contributed by atoms with Crippen LogP contribution in [0.25, 0.3) is 27.6 Å². The van der Waals surface area contributed by atoms with E-state index in [0.29, 0.717) is 52.1 Å². The highest BCUT2D eigenvalue weighted by atomic mass is 32.2. The molecule has 5 rings (SSSR count). The number of benzene rings is 3. The van der Waals surface area contributed by atoms with Gasteiger partial charge in [0.2, 0.25) is 5.91 Å². The van der Waals surface area contributed by atoms with Crippen LogP contribution in [0.5, 0.6) is 17.2 Å². The summed E-state index contributed by atoms with van der Waals surface area (Å²) in [6.45, 7) is 2.39. The van der Waals surface area contributed by atoms with Gasteiger partial charge in [0.05, 0.1) is 32.8 Å². The van der Waals surface area contributed by atoms with Gasteiger partial charge in [-0.1, -0.05) is 42.1 Å². The first-order valence-electron chi connectivity index (χ1n) is 12.7. The molecule has 3 aromatic carbocycles. The number of hydrogen-bond donors (Lipinski definition) is 2. The summed E-state index contributed by atoms with van der Waals surface area (Å²) in [5, 5.41) is 4.21. The van der Waals surface area contributed by atoms with E-state index < -0.39 is 0 Å². The third-order valence-corrected chi connectivity index (χ3v) is 7.52. The molecule has 0 aliphatic rings. The van der Waals surface area contributed by atoms with Crippen molar-refractivity contribution in [1.82, 2.24) is 19.9 Å². The van der Waals surface area contributed by atoms with E-state index in [1.807, 2.05) is 67.6 Å². The predicted molar refractivity (Wildman–Crippen MR) is 157 cm³/mol. The van der Waals surface area contributed by atoms with Gasteiger partial charge in [0.25, 0.3) is 5.56 Å². The average Bonchev–Trinajstić information content (AvgIpc) is 3.35. The minimum Gasteiger partial charge on any atom is -0.495 e. The summed E-state index contributed by atoms with van der Waals surface area (Å²) in [7, 11) is 4.75. The number of amides is 1. The molecule has 0 bridgehead atoms. The number of para-hydroxylation sites is 1. The first kappa shape index (κ1) is 27.1. The van der Waals surface area contributed by atoms with Gasteiger partial charge < -0.3 is 24.5 Å². The molecule has 0 saturated heterocycles. The first-order chi connectivity index (χ1) is 19.4. The molecule has 0 saturated carbocycles. The second-order valence-electron chi connectivity index (χ2n) is 9.18. The standard InChI is InChI=1S/C30H30N4O5S/c1-18-9-11-23(37-2)22(15-18)34-29(36)28-27(20-7-5-6-8-21(20)32-28)33-30(34)40-17-26(35)31-14-13-19-10-12-24(38-3)25(16-19)39-4/h5-12,15-16,32H,13-14,17H2,1-4H3,(H,31,35). The van der Waals surface area contributed by atoms with Crippen molar-refractivity contribution >= 4 is 39.6 Å². The molecule has 0 spiro atoms. The molecule has 0 aliphatic heterocycles. The fourth-order valence-electron chi connectivity index (χ4n) is 4.59. The molecule has 0 fully saturated rings. The number of aromatic nitrogens is 3. The summed E-state index contributed by atoms with van der Waals surface area (Å²) in [5.41, 5.74) is 4.06. The third kappa shape index (κ3) is 5.35. The number of carbonyl (C=O) groups is 1. The smallest absolute Gasteiger partial charge is 0.283 e. The predicted octanol–water partition coefficient (Wildman–Crippen LogP) is 4.65. The number of aromatic amines is 1. The van der Waals surface area contributed by atoms with Crippen molar-refractivity contribution < 1.29 is 19.0 Å². The van der Waals surface area contributed by atoms with Gasteiger partial charge in [0.1, 0.15) is 16.8 Å². The summed E-state index contributed by atoms with van der Waals surface area (Å²) < 4.78 is 17.8. The molecule has 0 atom stereocenters. The minimum absolute atomic E-state index is 0.0837. The molecule has 206 valence electrons. The molecule has 10 heteroatoms. The Balaban J connectivity index is 1.41. The van der Waals surface area contributed by atoms with Crippen LogP contribution >= 0.6 is 11.8 Å². The Bertz CT molecular complexity index is 1760. The molecular formula is C30H30N4O5S. The summed E-state index contributed by atoms with van der Waals surface area (Å²) in [6.07, 6.45) is 0.626. The monoisotopic (exact) mass is 558 g/mol. The number of H-pyrrole nitrogens is 1. The Morgan fingerprint density at radius 1 is 0.975 bits per heavy atom. The minimum atomic E-state index is -0.263. The van der Waals surface area contributed by atoms with E-state index >= 15 is 0 Å². The number of nitrogens with one attached hydrogen (secondary N) is 2. The zero-order valence-electron chi connectivity index (χ0n) is 22.7. The van der Waals surface area contributed by atoms with E-state index in [4.69, 9.17) is 19.2 Å². The molecule has 2 N–H and O–H groups in total. The highest BCUT2D eigenvalue weighted by Gasteiger charge is 2.20. The molecule has 0 aliphatic carbocycles. The van der Waals surface area contributed by atoms with Gasteiger partial charge in [0, 0.05) is 17.4 Å². The van der Waals surface area contributed by atoms with Gasteiger partial charge in [-0.15, -0.1) is 0 Å². The maximum absolute atomic E-state index is 13.9. The number of rotatable bonds is 10. The Morgan fingerprint density at radius 2 is 1.73 bits per heavy atom. The van der Waals surface area contributed by atoms with Gasteiger partial charge >= 0.3 is 0 Å². The van der Waals surface area contributed by atoms with E-state index in [1.54, 1.807) is 21.3 Å². The molecular weight excluding hydrogens is 528 g/mol. The quantitative estimate of drug-likeness (QED) is 0.190. The number of fused-ring (bicyclic) bond motifs is 3. The molecule has 1 amide bonds. The van der Waals surface area contributed by atoms with Crippen LogP contribution in [0.15, 0.2) is 70.6 Å². The lowest BCUT2D eigenvalue weighted by Crippen LogP contribution is -2.28. The van der Waals surface area contributed by atoms with Crippen LogP contribution < -0.4 is 25.1 Å². The van der Waals surface area contributed by atoms with E-state index in [9.17, 15) is 9.59 Å². The van der Waals surface area contributed by atoms with Crippen LogP contribution in [0, 0.1) is 6.92 Å². The number of carbonyl (C=O) groups excluding carboxylic acids is 1. The Kier molecular flexibility index (Phi) is 7.97. The van der Waals surface area contributed by atoms with Crippen LogP contribution in [0.3, 0.4) is 0 Å². The summed E-state index contributed by atoms with van der Waals surface area (Å²) in [5.74, 6) is 1.75. The van der Waals surface area contributed by atoms with Crippen molar-refractivity contribution in [2.24, 2.45) is 0 Å². The molecule has 0 radical (unpaired) electrons. The maximum Gasteiger partial charge on any atom is 0.283 e. The van der Waals surface area contributed by atoms with Crippen molar-refractivity contribution in [3.8, 4) is 22.9 Å². The van der Waals surface area contributed by atoms with Gasteiger partial charge in [-0.05, 0) is 54.8 Å². The maximum atomic E-state index is 13.9. The lowest BCUT2D eigenvalue weighted by Gasteiger charge is -2.15. The normalized spacial score (nSPS) is 11.1. The van der Waals surface area contributed by atoms with Crippen molar-refractivity contribution in [1.29, 1.82) is 0 Å². The highest BCUT2D eigenvalue weighted by molar-refractivity contribution is 7.99. The number of hydrogen-bond acceptors (Lipinski definition) is 7. The lowest BCUT2D eigenvalue weighted by atomic mass is 10.1. The lowest BCUT2D eigenvalue weighted by molar-refractivity contribution is -0.118. The van der Waals surface area contributed by atoms with E-state index in [-0.39, 0.29) is 17.2 Å². The van der Waals surface area contributed by atoms with Gasteiger partial charge in [-0.25, -0.2) is 9.55 Å². The molecule has 2 aromatic heterocycles. The summed E-state index contributed by atoms with van der Waals surface area (Å²) in [4.78, 5) is 34.8. The number of methoxy groups -OCH3 is 3. The third-order valence-electron chi connectivity index (χ3n) is 6.59. The summed E-state index contributed by atoms with van der Waals surface area (Å²) >= 11 is 1.21. The molecule has 5 aromatic rings. The Morgan fingerprint density at radius 3 is 2.50 bits per heavy atom. The van der Waals surface area contributed by atoms with Gasteiger partial charge in [-0.2, -0.15) is 0 Å². The Hall–Kier alpha value is -4.44. The second-order valence-corrected chi connectivity index (χ2v) is 10.1. The molecule has 9 nitrogen and oxygen atoms in total. The first-order valence-corrected chi connectivity index (χ1v) is 13.7. The molecule has 0 unspecified atom stereocenters. The fourth-order valence-corrected chi connectivity index (χ4v) is 5.42. The van der Waals surface area contributed by atoms with Crippen molar-refractivity contribution in [3.63, 3.8) is 0 Å². The number of nitrogens with zero attached hydrogens (tertiary/aromatic N) is 2. The van der Waals surface area contributed by atoms with Crippen molar-refractivity contribution in [3.05, 3.63) is 82.1 Å². The van der Waals surface area contributed by atoms with E-state index in [1.165, 1.54) is 16.3 Å². The summed E-state index contributed by atoms with van der Waals surface area (Å²) in [6, 6.07) is 18.9. The largest absolute Gasteiger partial charge is 0.495 e. The topological polar surface area (TPSA) is 107 Å². The van der Waals surface area contributed by atoms with Crippen LogP contribution in [-0.2, 0) is 11.2 Å². The molecule has 2 heterocycles. The van der Waals surface area contributed by atoms with Crippen LogP contribution in [-0.4, -0.2) is 54.1 Å².